The molecular formula is C11H13NO. The minimum absolute atomic E-state index is 0.0562. The minimum Gasteiger partial charge on any atom is -0.508 e. The van der Waals surface area contributed by atoms with E-state index < -0.39 is 0 Å². The van der Waals surface area contributed by atoms with E-state index in [0.717, 1.165) is 17.5 Å². The highest BCUT2D eigenvalue weighted by molar-refractivity contribution is 5.37. The Morgan fingerprint density at radius 2 is 2.23 bits per heavy atom. The van der Waals surface area contributed by atoms with E-state index in [-0.39, 0.29) is 11.7 Å². The smallest absolute Gasteiger partial charge is 0.118 e. The van der Waals surface area contributed by atoms with Gasteiger partial charge < -0.3 is 5.11 Å². The van der Waals surface area contributed by atoms with Crippen molar-refractivity contribution in [1.29, 1.82) is 5.26 Å². The number of phenols is 1. The van der Waals surface area contributed by atoms with Crippen molar-refractivity contribution >= 4 is 0 Å². The summed E-state index contributed by atoms with van der Waals surface area (Å²) in [7, 11) is 0. The van der Waals surface area contributed by atoms with Gasteiger partial charge in [-0.05, 0) is 30.5 Å². The molecule has 0 fully saturated rings. The molecule has 1 N–H and O–H groups in total. The van der Waals surface area contributed by atoms with Gasteiger partial charge in [0.2, 0.25) is 0 Å². The van der Waals surface area contributed by atoms with E-state index in [0.29, 0.717) is 0 Å². The largest absolute Gasteiger partial charge is 0.508 e. The van der Waals surface area contributed by atoms with E-state index in [2.05, 4.69) is 6.07 Å². The van der Waals surface area contributed by atoms with Crippen LogP contribution in [-0.2, 0) is 0 Å². The summed E-state index contributed by atoms with van der Waals surface area (Å²) in [6.07, 6.45) is 0.806. The van der Waals surface area contributed by atoms with Crippen molar-refractivity contribution in [3.8, 4) is 11.8 Å². The summed E-state index contributed by atoms with van der Waals surface area (Å²) in [5, 5.41) is 18.1. The number of phenolic OH excluding ortho intramolecular Hbond substituents is 1. The van der Waals surface area contributed by atoms with Gasteiger partial charge in [-0.25, -0.2) is 0 Å². The second-order valence-corrected chi connectivity index (χ2v) is 3.14. The minimum atomic E-state index is -0.0562. The molecule has 0 aliphatic heterocycles. The molecule has 2 heteroatoms. The number of aromatic hydroxyl groups is 1. The zero-order chi connectivity index (χ0) is 9.84. The molecule has 0 spiro atoms. The Labute approximate surface area is 78.4 Å². The van der Waals surface area contributed by atoms with Gasteiger partial charge in [0.05, 0.1) is 12.0 Å². The fourth-order valence-electron chi connectivity index (χ4n) is 1.30. The number of hydrogen-bond acceptors (Lipinski definition) is 2. The molecular weight excluding hydrogens is 162 g/mol. The highest BCUT2D eigenvalue weighted by Gasteiger charge is 2.08. The van der Waals surface area contributed by atoms with Gasteiger partial charge in [-0.2, -0.15) is 5.26 Å². The molecule has 1 atom stereocenters. The van der Waals surface area contributed by atoms with Gasteiger partial charge in [0, 0.05) is 0 Å². The van der Waals surface area contributed by atoms with Gasteiger partial charge in [-0.15, -0.1) is 0 Å². The van der Waals surface area contributed by atoms with Crippen LogP contribution >= 0.6 is 0 Å². The summed E-state index contributed by atoms with van der Waals surface area (Å²) in [5.74, 6) is 0.232. The molecule has 1 unspecified atom stereocenters. The molecule has 0 aliphatic carbocycles. The molecule has 0 amide bonds. The first-order chi connectivity index (χ1) is 6.19. The molecule has 0 saturated heterocycles. The highest BCUT2D eigenvalue weighted by Crippen LogP contribution is 2.24. The summed E-state index contributed by atoms with van der Waals surface area (Å²) >= 11 is 0. The van der Waals surface area contributed by atoms with Crippen LogP contribution in [0.4, 0.5) is 0 Å². The first-order valence-corrected chi connectivity index (χ1v) is 4.38. The lowest BCUT2D eigenvalue weighted by molar-refractivity contribution is 0.470. The molecule has 0 aromatic heterocycles. The van der Waals surface area contributed by atoms with E-state index in [1.54, 1.807) is 12.1 Å². The van der Waals surface area contributed by atoms with E-state index in [9.17, 15) is 5.11 Å². The summed E-state index contributed by atoms with van der Waals surface area (Å²) in [6.45, 7) is 3.82. The Kier molecular flexibility index (Phi) is 2.92. The van der Waals surface area contributed by atoms with E-state index >= 15 is 0 Å². The van der Waals surface area contributed by atoms with Gasteiger partial charge in [-0.3, -0.25) is 0 Å². The van der Waals surface area contributed by atoms with Crippen molar-refractivity contribution < 1.29 is 5.11 Å². The molecule has 0 bridgehead atoms. The molecule has 0 saturated carbocycles. The molecule has 1 rings (SSSR count). The lowest BCUT2D eigenvalue weighted by Crippen LogP contribution is -1.93. The van der Waals surface area contributed by atoms with Crippen LogP contribution in [-0.4, -0.2) is 5.11 Å². The van der Waals surface area contributed by atoms with Crippen molar-refractivity contribution in [2.45, 2.75) is 26.2 Å². The maximum atomic E-state index is 9.29. The normalized spacial score (nSPS) is 12.1. The maximum Gasteiger partial charge on any atom is 0.118 e. The fraction of sp³-hybridized carbons (Fsp3) is 0.364. The second kappa shape index (κ2) is 3.95. The number of hydrogen-bond donors (Lipinski definition) is 1. The summed E-state index contributed by atoms with van der Waals surface area (Å²) < 4.78 is 0. The summed E-state index contributed by atoms with van der Waals surface area (Å²) in [4.78, 5) is 0. The van der Waals surface area contributed by atoms with Crippen LogP contribution in [0.3, 0.4) is 0 Å². The monoisotopic (exact) mass is 175 g/mol. The predicted octanol–water partition coefficient (Wildman–Crippen LogP) is 2.72. The Morgan fingerprint density at radius 1 is 1.54 bits per heavy atom. The highest BCUT2D eigenvalue weighted by atomic mass is 16.3. The lowest BCUT2D eigenvalue weighted by atomic mass is 9.96. The van der Waals surface area contributed by atoms with Gasteiger partial charge in [0.25, 0.3) is 0 Å². The number of benzene rings is 1. The van der Waals surface area contributed by atoms with E-state index in [1.807, 2.05) is 19.9 Å². The average molecular weight is 175 g/mol. The molecule has 1 aromatic rings. The maximum absolute atomic E-state index is 9.29. The molecule has 13 heavy (non-hydrogen) atoms. The number of nitriles is 1. The Balaban J connectivity index is 3.04. The van der Waals surface area contributed by atoms with Gasteiger partial charge in [0.1, 0.15) is 5.75 Å². The Hall–Kier alpha value is -1.49. The third-order valence-electron chi connectivity index (χ3n) is 2.19. The predicted molar refractivity (Wildman–Crippen MR) is 51.5 cm³/mol. The SMILES string of the molecule is CCC(C#N)c1ccc(O)c(C)c1. The average Bonchev–Trinajstić information content (AvgIpc) is 2.13. The third-order valence-corrected chi connectivity index (χ3v) is 2.19. The van der Waals surface area contributed by atoms with Crippen molar-refractivity contribution in [3.05, 3.63) is 29.3 Å². The number of aryl methyl sites for hydroxylation is 1. The van der Waals surface area contributed by atoms with Crippen LogP contribution in [0, 0.1) is 18.3 Å². The van der Waals surface area contributed by atoms with Gasteiger partial charge in [0.15, 0.2) is 0 Å². The Morgan fingerprint density at radius 3 is 2.69 bits per heavy atom. The molecule has 0 radical (unpaired) electrons. The molecule has 0 heterocycles. The van der Waals surface area contributed by atoms with Gasteiger partial charge >= 0.3 is 0 Å². The van der Waals surface area contributed by atoms with Gasteiger partial charge in [-0.1, -0.05) is 19.1 Å². The van der Waals surface area contributed by atoms with Crippen LogP contribution in [0.15, 0.2) is 18.2 Å². The van der Waals surface area contributed by atoms with Crippen LogP contribution in [0.5, 0.6) is 5.75 Å². The second-order valence-electron chi connectivity index (χ2n) is 3.14. The molecule has 0 aliphatic rings. The zero-order valence-corrected chi connectivity index (χ0v) is 7.91. The van der Waals surface area contributed by atoms with Crippen molar-refractivity contribution in [2.24, 2.45) is 0 Å². The summed E-state index contributed by atoms with van der Waals surface area (Å²) in [6, 6.07) is 7.55. The number of nitrogens with zero attached hydrogens (tertiary/aromatic N) is 1. The fourth-order valence-corrected chi connectivity index (χ4v) is 1.30. The number of rotatable bonds is 2. The van der Waals surface area contributed by atoms with Crippen LogP contribution in [0.25, 0.3) is 0 Å². The zero-order valence-electron chi connectivity index (χ0n) is 7.91. The summed E-state index contributed by atoms with van der Waals surface area (Å²) in [5.41, 5.74) is 1.81. The van der Waals surface area contributed by atoms with Crippen molar-refractivity contribution in [3.63, 3.8) is 0 Å². The first-order valence-electron chi connectivity index (χ1n) is 4.38. The van der Waals surface area contributed by atoms with Crippen molar-refractivity contribution in [1.82, 2.24) is 0 Å². The van der Waals surface area contributed by atoms with Crippen LogP contribution < -0.4 is 0 Å². The standard InChI is InChI=1S/C11H13NO/c1-3-9(7-12)10-4-5-11(13)8(2)6-10/h4-6,9,13H,3H2,1-2H3. The Bertz CT molecular complexity index is 338. The van der Waals surface area contributed by atoms with E-state index in [1.165, 1.54) is 0 Å². The molecule has 1 aromatic carbocycles. The third kappa shape index (κ3) is 2.00. The van der Waals surface area contributed by atoms with Crippen LogP contribution in [0.2, 0.25) is 0 Å². The van der Waals surface area contributed by atoms with Crippen molar-refractivity contribution in [2.75, 3.05) is 0 Å². The molecule has 68 valence electrons. The first kappa shape index (κ1) is 9.60. The topological polar surface area (TPSA) is 44.0 Å². The lowest BCUT2D eigenvalue weighted by Gasteiger charge is -2.07. The van der Waals surface area contributed by atoms with E-state index in [4.69, 9.17) is 5.26 Å². The quantitative estimate of drug-likeness (QED) is 0.751. The van der Waals surface area contributed by atoms with Crippen LogP contribution in [0.1, 0.15) is 30.4 Å². The molecule has 2 nitrogen and oxygen atoms in total.